The second kappa shape index (κ2) is 6.87. The number of carbonyl (C=O) groups is 1. The number of hydrogen-bond donors (Lipinski definition) is 1. The van der Waals surface area contributed by atoms with Gasteiger partial charge in [-0.3, -0.25) is 4.79 Å². The normalized spacial score (nSPS) is 10.2. The molecule has 0 radical (unpaired) electrons. The molecule has 6 heteroatoms. The Morgan fingerprint density at radius 2 is 1.67 bits per heavy atom. The average molecular weight is 323 g/mol. The molecule has 24 heavy (non-hydrogen) atoms. The highest BCUT2D eigenvalue weighted by Crippen LogP contribution is 2.23. The lowest BCUT2D eigenvalue weighted by Gasteiger charge is -2.08. The van der Waals surface area contributed by atoms with Crippen LogP contribution in [-0.4, -0.2) is 29.9 Å². The van der Waals surface area contributed by atoms with Crippen molar-refractivity contribution in [1.82, 2.24) is 9.78 Å². The first-order valence-electron chi connectivity index (χ1n) is 7.35. The van der Waals surface area contributed by atoms with Gasteiger partial charge in [-0.25, -0.2) is 4.68 Å². The van der Waals surface area contributed by atoms with Crippen molar-refractivity contribution < 1.29 is 14.3 Å². The summed E-state index contributed by atoms with van der Waals surface area (Å²) in [4.78, 5) is 12.4. The third-order valence-corrected chi connectivity index (χ3v) is 3.47. The number of aromatic nitrogens is 2. The first kappa shape index (κ1) is 15.6. The van der Waals surface area contributed by atoms with Crippen LogP contribution in [0, 0.1) is 0 Å². The molecule has 0 fully saturated rings. The van der Waals surface area contributed by atoms with E-state index in [2.05, 4.69) is 10.4 Å². The van der Waals surface area contributed by atoms with Crippen molar-refractivity contribution in [3.8, 4) is 17.2 Å². The number of anilines is 1. The zero-order valence-corrected chi connectivity index (χ0v) is 13.4. The fourth-order valence-electron chi connectivity index (χ4n) is 2.24. The third kappa shape index (κ3) is 3.38. The third-order valence-electron chi connectivity index (χ3n) is 3.47. The monoisotopic (exact) mass is 323 g/mol. The summed E-state index contributed by atoms with van der Waals surface area (Å²) in [5.74, 6) is 1.28. The Labute approximate surface area is 139 Å². The van der Waals surface area contributed by atoms with Gasteiger partial charge in [0.2, 0.25) is 0 Å². The van der Waals surface area contributed by atoms with E-state index in [1.807, 2.05) is 30.3 Å². The molecule has 6 nitrogen and oxygen atoms in total. The van der Waals surface area contributed by atoms with Gasteiger partial charge in [0, 0.05) is 23.9 Å². The summed E-state index contributed by atoms with van der Waals surface area (Å²) in [7, 11) is 3.08. The number of ether oxygens (including phenoxy) is 2. The highest BCUT2D eigenvalue weighted by molar-refractivity contribution is 6.04. The van der Waals surface area contributed by atoms with E-state index in [9.17, 15) is 4.79 Å². The smallest absolute Gasteiger partial charge is 0.257 e. The van der Waals surface area contributed by atoms with E-state index in [-0.39, 0.29) is 5.91 Å². The topological polar surface area (TPSA) is 65.4 Å². The Kier molecular flexibility index (Phi) is 4.47. The summed E-state index contributed by atoms with van der Waals surface area (Å²) in [6, 6.07) is 16.4. The lowest BCUT2D eigenvalue weighted by Crippen LogP contribution is -2.13. The number of benzene rings is 2. The number of rotatable bonds is 5. The van der Waals surface area contributed by atoms with Crippen molar-refractivity contribution in [2.75, 3.05) is 19.5 Å². The van der Waals surface area contributed by atoms with Crippen LogP contribution in [0.15, 0.2) is 60.8 Å². The van der Waals surface area contributed by atoms with Crippen LogP contribution in [0.3, 0.4) is 0 Å². The minimum absolute atomic E-state index is 0.287. The second-order valence-corrected chi connectivity index (χ2v) is 5.04. The van der Waals surface area contributed by atoms with E-state index in [1.54, 1.807) is 35.1 Å². The Hall–Kier alpha value is -3.28. The van der Waals surface area contributed by atoms with Crippen LogP contribution in [0.1, 0.15) is 10.4 Å². The van der Waals surface area contributed by atoms with Crippen molar-refractivity contribution in [3.63, 3.8) is 0 Å². The molecule has 0 saturated heterocycles. The quantitative estimate of drug-likeness (QED) is 0.783. The molecule has 1 aromatic heterocycles. The molecule has 122 valence electrons. The molecular weight excluding hydrogens is 306 g/mol. The number of nitrogens with zero attached hydrogens (tertiary/aromatic N) is 2. The van der Waals surface area contributed by atoms with Gasteiger partial charge in [0.1, 0.15) is 11.5 Å². The average Bonchev–Trinajstić information content (AvgIpc) is 3.10. The number of hydrogen-bond acceptors (Lipinski definition) is 4. The molecule has 0 saturated carbocycles. The lowest BCUT2D eigenvalue weighted by atomic mass is 10.2. The van der Waals surface area contributed by atoms with E-state index < -0.39 is 0 Å². The molecular formula is C18H17N3O3. The minimum Gasteiger partial charge on any atom is -0.497 e. The van der Waals surface area contributed by atoms with Crippen LogP contribution in [-0.2, 0) is 0 Å². The van der Waals surface area contributed by atoms with Crippen LogP contribution < -0.4 is 14.8 Å². The molecule has 0 bridgehead atoms. The predicted octanol–water partition coefficient (Wildman–Crippen LogP) is 3.14. The van der Waals surface area contributed by atoms with Crippen LogP contribution >= 0.6 is 0 Å². The number of para-hydroxylation sites is 1. The summed E-state index contributed by atoms with van der Waals surface area (Å²) in [5, 5.41) is 7.12. The van der Waals surface area contributed by atoms with Gasteiger partial charge in [-0.15, -0.1) is 0 Å². The zero-order valence-electron chi connectivity index (χ0n) is 13.4. The van der Waals surface area contributed by atoms with Crippen molar-refractivity contribution in [1.29, 1.82) is 0 Å². The maximum Gasteiger partial charge on any atom is 0.257 e. The van der Waals surface area contributed by atoms with Crippen LogP contribution in [0.5, 0.6) is 11.5 Å². The largest absolute Gasteiger partial charge is 0.497 e. The zero-order chi connectivity index (χ0) is 16.9. The molecule has 0 aliphatic rings. The Balaban J connectivity index is 1.79. The van der Waals surface area contributed by atoms with Crippen molar-refractivity contribution in [2.24, 2.45) is 0 Å². The summed E-state index contributed by atoms with van der Waals surface area (Å²) < 4.78 is 12.1. The first-order chi connectivity index (χ1) is 11.7. The van der Waals surface area contributed by atoms with Crippen molar-refractivity contribution >= 4 is 11.7 Å². The Bertz CT molecular complexity index is 821. The van der Waals surface area contributed by atoms with Gasteiger partial charge in [0.25, 0.3) is 5.91 Å². The van der Waals surface area contributed by atoms with Crippen LogP contribution in [0.4, 0.5) is 5.82 Å². The van der Waals surface area contributed by atoms with Gasteiger partial charge < -0.3 is 14.8 Å². The van der Waals surface area contributed by atoms with E-state index in [1.165, 1.54) is 14.2 Å². The van der Waals surface area contributed by atoms with Crippen LogP contribution in [0.25, 0.3) is 5.69 Å². The Morgan fingerprint density at radius 1 is 1.00 bits per heavy atom. The van der Waals surface area contributed by atoms with Gasteiger partial charge in [-0.05, 0) is 24.3 Å². The SMILES string of the molecule is COc1cc(OC)cc(C(=O)Nc2ccn(-c3ccccc3)n2)c1. The van der Waals surface area contributed by atoms with Gasteiger partial charge in [0.15, 0.2) is 5.82 Å². The van der Waals surface area contributed by atoms with Crippen molar-refractivity contribution in [2.45, 2.75) is 0 Å². The molecule has 1 N–H and O–H groups in total. The van der Waals surface area contributed by atoms with Gasteiger partial charge in [0.05, 0.1) is 19.9 Å². The maximum absolute atomic E-state index is 12.4. The maximum atomic E-state index is 12.4. The van der Waals surface area contributed by atoms with E-state index in [0.29, 0.717) is 22.9 Å². The molecule has 0 spiro atoms. The number of methoxy groups -OCH3 is 2. The second-order valence-electron chi connectivity index (χ2n) is 5.04. The molecule has 3 aromatic rings. The van der Waals surface area contributed by atoms with Crippen LogP contribution in [0.2, 0.25) is 0 Å². The van der Waals surface area contributed by atoms with Gasteiger partial charge in [-0.2, -0.15) is 5.10 Å². The molecule has 2 aromatic carbocycles. The molecule has 0 aliphatic heterocycles. The molecule has 0 atom stereocenters. The fourth-order valence-corrected chi connectivity index (χ4v) is 2.24. The fraction of sp³-hybridized carbons (Fsp3) is 0.111. The number of nitrogens with one attached hydrogen (secondary N) is 1. The molecule has 0 unspecified atom stereocenters. The Morgan fingerprint density at radius 3 is 2.29 bits per heavy atom. The van der Waals surface area contributed by atoms with Gasteiger partial charge >= 0.3 is 0 Å². The molecule has 3 rings (SSSR count). The molecule has 0 aliphatic carbocycles. The number of amides is 1. The first-order valence-corrected chi connectivity index (χ1v) is 7.35. The predicted molar refractivity (Wildman–Crippen MR) is 91.1 cm³/mol. The highest BCUT2D eigenvalue weighted by Gasteiger charge is 2.12. The molecule has 1 amide bonds. The summed E-state index contributed by atoms with van der Waals surface area (Å²) in [5.41, 5.74) is 1.35. The van der Waals surface area contributed by atoms with E-state index in [0.717, 1.165) is 5.69 Å². The number of carbonyl (C=O) groups excluding carboxylic acids is 1. The van der Waals surface area contributed by atoms with E-state index >= 15 is 0 Å². The van der Waals surface area contributed by atoms with Crippen molar-refractivity contribution in [3.05, 3.63) is 66.4 Å². The lowest BCUT2D eigenvalue weighted by molar-refractivity contribution is 0.102. The van der Waals surface area contributed by atoms with Gasteiger partial charge in [-0.1, -0.05) is 18.2 Å². The standard InChI is InChI=1S/C18H17N3O3/c1-23-15-10-13(11-16(12-15)24-2)18(22)19-17-8-9-21(20-17)14-6-4-3-5-7-14/h3-12H,1-2H3,(H,19,20,22). The summed E-state index contributed by atoms with van der Waals surface area (Å²) >= 11 is 0. The van der Waals surface area contributed by atoms with E-state index in [4.69, 9.17) is 9.47 Å². The highest BCUT2D eigenvalue weighted by atomic mass is 16.5. The minimum atomic E-state index is -0.287. The summed E-state index contributed by atoms with van der Waals surface area (Å²) in [6.45, 7) is 0. The molecule has 1 heterocycles. The summed E-state index contributed by atoms with van der Waals surface area (Å²) in [6.07, 6.45) is 1.79.